The van der Waals surface area contributed by atoms with E-state index in [9.17, 15) is 9.90 Å². The number of rotatable bonds is 4. The highest BCUT2D eigenvalue weighted by molar-refractivity contribution is 5.69. The Morgan fingerprint density at radius 1 is 1.43 bits per heavy atom. The lowest BCUT2D eigenvalue weighted by atomic mass is 10.2. The molecule has 2 aromatic heterocycles. The second-order valence-electron chi connectivity index (χ2n) is 4.97. The third kappa shape index (κ3) is 2.33. The molecule has 0 aromatic carbocycles. The van der Waals surface area contributed by atoms with Gasteiger partial charge >= 0.3 is 0 Å². The lowest BCUT2D eigenvalue weighted by Gasteiger charge is -2.13. The van der Waals surface area contributed by atoms with Gasteiger partial charge < -0.3 is 20.7 Å². The monoisotopic (exact) mass is 295 g/mol. The molecule has 0 aliphatic carbocycles. The summed E-state index contributed by atoms with van der Waals surface area (Å²) in [5.41, 5.74) is 5.80. The Kier molecular flexibility index (Phi) is 3.72. The molecule has 0 bridgehead atoms. The fourth-order valence-electron chi connectivity index (χ4n) is 2.51. The average Bonchev–Trinajstić information content (AvgIpc) is 3.05. The molecule has 0 unspecified atom stereocenters. The maximum Gasteiger partial charge on any atom is 0.281 e. The van der Waals surface area contributed by atoms with Gasteiger partial charge in [-0.05, 0) is 0 Å². The fourth-order valence-corrected chi connectivity index (χ4v) is 2.51. The number of aliphatic hydroxyl groups is 2. The standard InChI is InChI=1S/C12H17N5O4/c13-1-2-16-5-15-11-10(12(16)20)14-6-17(11)9-3-7(19)8(4-18)21-9/h5-9,18-19H,1-4,13H2/t7-,8+,9+/m0/s1. The van der Waals surface area contributed by atoms with Crippen molar-refractivity contribution >= 4 is 11.2 Å². The van der Waals surface area contributed by atoms with Crippen molar-refractivity contribution in [1.29, 1.82) is 0 Å². The van der Waals surface area contributed by atoms with Gasteiger partial charge in [0, 0.05) is 19.5 Å². The number of nitrogens with two attached hydrogens (primary N) is 1. The Morgan fingerprint density at radius 3 is 2.90 bits per heavy atom. The quantitative estimate of drug-likeness (QED) is 0.606. The van der Waals surface area contributed by atoms with Gasteiger partial charge in [-0.15, -0.1) is 0 Å². The molecule has 3 heterocycles. The summed E-state index contributed by atoms with van der Waals surface area (Å²) >= 11 is 0. The highest BCUT2D eigenvalue weighted by atomic mass is 16.5. The van der Waals surface area contributed by atoms with E-state index < -0.39 is 18.4 Å². The molecule has 1 aliphatic rings. The van der Waals surface area contributed by atoms with Crippen LogP contribution in [-0.4, -0.2) is 54.7 Å². The minimum absolute atomic E-state index is 0.233. The van der Waals surface area contributed by atoms with E-state index >= 15 is 0 Å². The zero-order valence-corrected chi connectivity index (χ0v) is 11.3. The number of imidazole rings is 1. The Bertz CT molecular complexity index is 697. The number of ether oxygens (including phenoxy) is 1. The fraction of sp³-hybridized carbons (Fsp3) is 0.583. The van der Waals surface area contributed by atoms with Crippen LogP contribution in [0, 0.1) is 0 Å². The number of hydrogen-bond donors (Lipinski definition) is 3. The van der Waals surface area contributed by atoms with Crippen molar-refractivity contribution in [2.75, 3.05) is 13.2 Å². The first-order valence-electron chi connectivity index (χ1n) is 6.72. The highest BCUT2D eigenvalue weighted by Gasteiger charge is 2.35. The smallest absolute Gasteiger partial charge is 0.281 e. The molecule has 1 aliphatic heterocycles. The Morgan fingerprint density at radius 2 is 2.24 bits per heavy atom. The molecular formula is C12H17N5O4. The van der Waals surface area contributed by atoms with Crippen LogP contribution < -0.4 is 11.3 Å². The zero-order valence-electron chi connectivity index (χ0n) is 11.3. The van der Waals surface area contributed by atoms with Crippen LogP contribution in [0.2, 0.25) is 0 Å². The molecule has 0 radical (unpaired) electrons. The van der Waals surface area contributed by atoms with Crippen molar-refractivity contribution in [2.45, 2.75) is 31.4 Å². The van der Waals surface area contributed by atoms with Crippen LogP contribution in [0.5, 0.6) is 0 Å². The van der Waals surface area contributed by atoms with Crippen LogP contribution >= 0.6 is 0 Å². The lowest BCUT2D eigenvalue weighted by Crippen LogP contribution is -2.25. The summed E-state index contributed by atoms with van der Waals surface area (Å²) in [6.45, 7) is 0.449. The lowest BCUT2D eigenvalue weighted by molar-refractivity contribution is -0.0432. The molecule has 9 nitrogen and oxygen atoms in total. The van der Waals surface area contributed by atoms with Crippen LogP contribution in [-0.2, 0) is 11.3 Å². The van der Waals surface area contributed by atoms with E-state index in [0.29, 0.717) is 25.2 Å². The summed E-state index contributed by atoms with van der Waals surface area (Å²) in [5, 5.41) is 18.9. The zero-order chi connectivity index (χ0) is 15.0. The average molecular weight is 295 g/mol. The van der Waals surface area contributed by atoms with E-state index in [1.165, 1.54) is 17.2 Å². The molecule has 0 saturated carbocycles. The Balaban J connectivity index is 1.98. The molecular weight excluding hydrogens is 278 g/mol. The molecule has 4 N–H and O–H groups in total. The molecule has 3 atom stereocenters. The highest BCUT2D eigenvalue weighted by Crippen LogP contribution is 2.29. The van der Waals surface area contributed by atoms with Crippen molar-refractivity contribution in [1.82, 2.24) is 19.1 Å². The second-order valence-corrected chi connectivity index (χ2v) is 4.97. The molecule has 0 spiro atoms. The molecule has 2 aromatic rings. The first-order valence-corrected chi connectivity index (χ1v) is 6.72. The predicted octanol–water partition coefficient (Wildman–Crippen LogP) is -1.81. The van der Waals surface area contributed by atoms with Gasteiger partial charge in [0.25, 0.3) is 5.56 Å². The van der Waals surface area contributed by atoms with Gasteiger partial charge in [0.05, 0.1) is 19.0 Å². The summed E-state index contributed by atoms with van der Waals surface area (Å²) in [6, 6.07) is 0. The van der Waals surface area contributed by atoms with E-state index in [1.54, 1.807) is 4.57 Å². The summed E-state index contributed by atoms with van der Waals surface area (Å²) in [4.78, 5) is 20.5. The van der Waals surface area contributed by atoms with Crippen LogP contribution in [0.3, 0.4) is 0 Å². The minimum atomic E-state index is -0.755. The van der Waals surface area contributed by atoms with Gasteiger partial charge in [0.15, 0.2) is 11.2 Å². The van der Waals surface area contributed by atoms with Crippen LogP contribution in [0.4, 0.5) is 0 Å². The maximum atomic E-state index is 12.2. The van der Waals surface area contributed by atoms with Crippen molar-refractivity contribution in [3.8, 4) is 0 Å². The van der Waals surface area contributed by atoms with Gasteiger partial charge in [0.1, 0.15) is 18.7 Å². The number of nitrogens with zero attached hydrogens (tertiary/aromatic N) is 4. The van der Waals surface area contributed by atoms with Crippen LogP contribution in [0.25, 0.3) is 11.2 Å². The number of aliphatic hydroxyl groups excluding tert-OH is 2. The van der Waals surface area contributed by atoms with Crippen LogP contribution in [0.15, 0.2) is 17.4 Å². The van der Waals surface area contributed by atoms with Gasteiger partial charge in [-0.3, -0.25) is 13.9 Å². The topological polar surface area (TPSA) is 128 Å². The predicted molar refractivity (Wildman–Crippen MR) is 72.5 cm³/mol. The normalized spacial score (nSPS) is 25.8. The van der Waals surface area contributed by atoms with E-state index in [1.807, 2.05) is 0 Å². The first-order chi connectivity index (χ1) is 10.2. The van der Waals surface area contributed by atoms with Gasteiger partial charge in [-0.25, -0.2) is 9.97 Å². The first kappa shape index (κ1) is 14.1. The molecule has 9 heteroatoms. The van der Waals surface area contributed by atoms with E-state index in [-0.39, 0.29) is 17.7 Å². The third-order valence-electron chi connectivity index (χ3n) is 3.61. The van der Waals surface area contributed by atoms with Crippen LogP contribution in [0.1, 0.15) is 12.6 Å². The van der Waals surface area contributed by atoms with Crippen molar-refractivity contribution in [3.05, 3.63) is 23.0 Å². The van der Waals surface area contributed by atoms with E-state index in [0.717, 1.165) is 0 Å². The number of fused-ring (bicyclic) bond motifs is 1. The molecule has 1 saturated heterocycles. The Labute approximate surface area is 119 Å². The van der Waals surface area contributed by atoms with Crippen molar-refractivity contribution in [3.63, 3.8) is 0 Å². The van der Waals surface area contributed by atoms with Gasteiger partial charge in [-0.2, -0.15) is 0 Å². The van der Waals surface area contributed by atoms with E-state index in [4.69, 9.17) is 15.6 Å². The maximum absolute atomic E-state index is 12.2. The second kappa shape index (κ2) is 5.53. The van der Waals surface area contributed by atoms with Gasteiger partial charge in [-0.1, -0.05) is 0 Å². The van der Waals surface area contributed by atoms with Crippen molar-refractivity contribution < 1.29 is 14.9 Å². The molecule has 0 amide bonds. The third-order valence-corrected chi connectivity index (χ3v) is 3.61. The van der Waals surface area contributed by atoms with Gasteiger partial charge in [0.2, 0.25) is 0 Å². The summed E-state index contributed by atoms with van der Waals surface area (Å²) in [5.74, 6) is 0. The molecule has 1 fully saturated rings. The molecule has 3 rings (SSSR count). The minimum Gasteiger partial charge on any atom is -0.394 e. The molecule has 114 valence electrons. The summed E-state index contributed by atoms with van der Waals surface area (Å²) in [6.07, 6.45) is 1.30. The SMILES string of the molecule is NCCn1cnc2c(ncn2[C@H]2C[C@H](O)[C@@H](CO)O2)c1=O. The van der Waals surface area contributed by atoms with E-state index in [2.05, 4.69) is 9.97 Å². The largest absolute Gasteiger partial charge is 0.394 e. The number of aromatic nitrogens is 4. The summed E-state index contributed by atoms with van der Waals surface area (Å²) in [7, 11) is 0. The molecule has 21 heavy (non-hydrogen) atoms. The Hall–Kier alpha value is -1.81. The summed E-state index contributed by atoms with van der Waals surface area (Å²) < 4.78 is 8.55. The number of hydrogen-bond acceptors (Lipinski definition) is 7. The van der Waals surface area contributed by atoms with Crippen molar-refractivity contribution in [2.24, 2.45) is 5.73 Å².